The third-order valence-corrected chi connectivity index (χ3v) is 5.02. The predicted octanol–water partition coefficient (Wildman–Crippen LogP) is 5.62. The third-order valence-electron chi connectivity index (χ3n) is 5.02. The van der Waals surface area contributed by atoms with Gasteiger partial charge in [-0.2, -0.15) is 15.6 Å². The van der Waals surface area contributed by atoms with Gasteiger partial charge in [-0.05, 0) is 43.5 Å². The number of nitriles is 2. The number of ether oxygens (including phenoxy) is 1. The summed E-state index contributed by atoms with van der Waals surface area (Å²) in [4.78, 5) is 23.6. The van der Waals surface area contributed by atoms with Crippen LogP contribution in [0, 0.1) is 39.7 Å². The van der Waals surface area contributed by atoms with E-state index in [1.165, 1.54) is 6.92 Å². The second kappa shape index (κ2) is 16.3. The second-order valence-electron chi connectivity index (χ2n) is 7.95. The molecule has 0 saturated heterocycles. The van der Waals surface area contributed by atoms with Crippen LogP contribution in [0.5, 0.6) is 0 Å². The van der Waals surface area contributed by atoms with E-state index in [0.29, 0.717) is 18.8 Å². The number of azo groups is 1. The molecule has 0 spiro atoms. The van der Waals surface area contributed by atoms with E-state index in [0.717, 1.165) is 49.2 Å². The van der Waals surface area contributed by atoms with Gasteiger partial charge in [0.15, 0.2) is 0 Å². The number of hydrogen-bond acceptors (Lipinski definition) is 10. The van der Waals surface area contributed by atoms with Gasteiger partial charge >= 0.3 is 5.97 Å². The molecule has 0 aliphatic heterocycles. The number of non-ortho nitro benzene ring substituents is 1. The molecular weight excluding hydrogens is 476 g/mol. The van der Waals surface area contributed by atoms with Crippen LogP contribution in [0.2, 0.25) is 0 Å². The maximum atomic E-state index is 11.1. The molecule has 1 N–H and O–H groups in total. The molecule has 11 nitrogen and oxygen atoms in total. The molecule has 0 aliphatic carbocycles. The Hall–Kier alpha value is -4.35. The van der Waals surface area contributed by atoms with Crippen LogP contribution >= 0.6 is 0 Å². The van der Waals surface area contributed by atoms with E-state index < -0.39 is 4.92 Å². The molecule has 2 rings (SSSR count). The van der Waals surface area contributed by atoms with Gasteiger partial charge in [0, 0.05) is 37.9 Å². The lowest BCUT2D eigenvalue weighted by atomic mass is 10.1. The number of aryl methyl sites for hydroxylation is 1. The smallest absolute Gasteiger partial charge is 0.302 e. The Bertz CT molecular complexity index is 1150. The van der Waals surface area contributed by atoms with Crippen LogP contribution in [-0.4, -0.2) is 42.3 Å². The molecular formula is C26H32N6O5. The lowest BCUT2D eigenvalue weighted by Gasteiger charge is -2.25. The first-order valence-electron chi connectivity index (χ1n) is 11.9. The van der Waals surface area contributed by atoms with E-state index in [1.54, 1.807) is 6.07 Å². The Morgan fingerprint density at radius 2 is 1.73 bits per heavy atom. The van der Waals surface area contributed by atoms with Gasteiger partial charge in [0.1, 0.15) is 24.4 Å². The lowest BCUT2D eigenvalue weighted by Crippen LogP contribution is -2.29. The number of nitrogens with zero attached hydrogens (tertiary/aromatic N) is 6. The molecule has 0 saturated carbocycles. The van der Waals surface area contributed by atoms with E-state index in [1.807, 2.05) is 38.1 Å². The molecule has 196 valence electrons. The molecule has 0 radical (unpaired) electrons. The fourth-order valence-corrected chi connectivity index (χ4v) is 3.07. The Morgan fingerprint density at radius 1 is 1.11 bits per heavy atom. The summed E-state index contributed by atoms with van der Waals surface area (Å²) in [6.07, 6.45) is 2.88. The monoisotopic (exact) mass is 508 g/mol. The number of esters is 1. The summed E-state index contributed by atoms with van der Waals surface area (Å²) in [6, 6.07) is 11.4. The third kappa shape index (κ3) is 10.0. The normalized spacial score (nSPS) is 10.1. The van der Waals surface area contributed by atoms with Crippen LogP contribution in [0.15, 0.2) is 40.6 Å². The van der Waals surface area contributed by atoms with Gasteiger partial charge < -0.3 is 14.7 Å². The van der Waals surface area contributed by atoms with Gasteiger partial charge in [0.2, 0.25) is 0 Å². The van der Waals surface area contributed by atoms with E-state index in [2.05, 4.69) is 22.1 Å². The van der Waals surface area contributed by atoms with Crippen LogP contribution in [0.3, 0.4) is 0 Å². The van der Waals surface area contributed by atoms with Crippen LogP contribution in [0.1, 0.15) is 56.7 Å². The average Bonchev–Trinajstić information content (AvgIpc) is 2.89. The van der Waals surface area contributed by atoms with Crippen LogP contribution in [0.25, 0.3) is 0 Å². The highest BCUT2D eigenvalue weighted by Gasteiger charge is 2.17. The summed E-state index contributed by atoms with van der Waals surface area (Å²) >= 11 is 0. The summed E-state index contributed by atoms with van der Waals surface area (Å²) in [5.41, 5.74) is 1.70. The first kappa shape index (κ1) is 30.7. The van der Waals surface area contributed by atoms with Gasteiger partial charge in [-0.15, -0.1) is 5.11 Å². The number of nitro groups is 1. The van der Waals surface area contributed by atoms with Gasteiger partial charge in [-0.25, -0.2) is 0 Å². The molecule has 0 unspecified atom stereocenters. The number of aliphatic hydroxyl groups is 1. The van der Waals surface area contributed by atoms with Crippen LogP contribution in [-0.2, 0) is 9.53 Å². The van der Waals surface area contributed by atoms with Gasteiger partial charge in [0.25, 0.3) is 5.69 Å². The van der Waals surface area contributed by atoms with E-state index in [9.17, 15) is 25.4 Å². The summed E-state index contributed by atoms with van der Waals surface area (Å²) in [5.74, 6) is -0.322. The fraction of sp³-hybridized carbons (Fsp3) is 0.423. The Balaban J connectivity index is 0.00000159. The molecule has 0 heterocycles. The largest absolute Gasteiger partial charge is 0.464 e. The number of benzene rings is 2. The van der Waals surface area contributed by atoms with Gasteiger partial charge in [0.05, 0.1) is 28.3 Å². The van der Waals surface area contributed by atoms with Crippen LogP contribution < -0.4 is 4.90 Å². The highest BCUT2D eigenvalue weighted by molar-refractivity contribution is 5.67. The zero-order valence-corrected chi connectivity index (χ0v) is 21.6. The van der Waals surface area contributed by atoms with Crippen molar-refractivity contribution in [2.24, 2.45) is 10.2 Å². The van der Waals surface area contributed by atoms with Crippen molar-refractivity contribution in [1.29, 1.82) is 10.5 Å². The highest BCUT2D eigenvalue weighted by atomic mass is 16.6. The summed E-state index contributed by atoms with van der Waals surface area (Å²) < 4.78 is 5.07. The van der Waals surface area contributed by atoms with Gasteiger partial charge in [-0.1, -0.05) is 20.3 Å². The number of anilines is 1. The topological polar surface area (TPSA) is 165 Å². The second-order valence-corrected chi connectivity index (χ2v) is 7.95. The van der Waals surface area contributed by atoms with Gasteiger partial charge in [-0.3, -0.25) is 14.9 Å². The summed E-state index contributed by atoms with van der Waals surface area (Å²) in [7, 11) is 0. The number of aliphatic hydroxyl groups excluding tert-OH is 1. The standard InChI is InChI=1S/C23H24N6O4.C3H8O/c1-4-5-8-28(9-10-33-17(3)30)20-6-7-22(16(2)11-20)26-27-23-18(14-24)12-21(29(31)32)13-19(23)15-25;1-2-3-4/h6-7,11-13H,4-5,8-10H2,1-3H3;4H,2-3H2,1H3. The summed E-state index contributed by atoms with van der Waals surface area (Å²) in [5, 5.41) is 45.8. The zero-order valence-electron chi connectivity index (χ0n) is 21.6. The number of unbranched alkanes of at least 4 members (excludes halogenated alkanes) is 1. The molecule has 0 fully saturated rings. The predicted molar refractivity (Wildman–Crippen MR) is 139 cm³/mol. The molecule has 2 aromatic carbocycles. The fourth-order valence-electron chi connectivity index (χ4n) is 3.07. The molecule has 37 heavy (non-hydrogen) atoms. The van der Waals surface area contributed by atoms with Crippen molar-refractivity contribution >= 4 is 28.7 Å². The molecule has 2 aromatic rings. The molecule has 11 heteroatoms. The van der Waals surface area contributed by atoms with Crippen molar-refractivity contribution in [2.75, 3.05) is 31.2 Å². The number of carbonyl (C=O) groups excluding carboxylic acids is 1. The SMILES string of the molecule is CCCCN(CCOC(C)=O)c1ccc(N=Nc2c(C#N)cc([N+](=O)[O-])cc2C#N)c(C)c1.CCCO. The minimum Gasteiger partial charge on any atom is -0.464 e. The minimum atomic E-state index is -0.669. The van der Waals surface area contributed by atoms with Crippen molar-refractivity contribution in [3.05, 3.63) is 57.1 Å². The minimum absolute atomic E-state index is 0.0139. The molecule has 0 amide bonds. The van der Waals surface area contributed by atoms with Crippen molar-refractivity contribution in [1.82, 2.24) is 0 Å². The quantitative estimate of drug-likeness (QED) is 0.177. The summed E-state index contributed by atoms with van der Waals surface area (Å²) in [6.45, 7) is 9.22. The van der Waals surface area contributed by atoms with E-state index in [4.69, 9.17) is 9.84 Å². The van der Waals surface area contributed by atoms with E-state index >= 15 is 0 Å². The molecule has 0 aliphatic rings. The molecule has 0 aromatic heterocycles. The maximum Gasteiger partial charge on any atom is 0.302 e. The maximum absolute atomic E-state index is 11.1. The van der Waals surface area contributed by atoms with E-state index in [-0.39, 0.29) is 35.1 Å². The average molecular weight is 509 g/mol. The highest BCUT2D eigenvalue weighted by Crippen LogP contribution is 2.32. The van der Waals surface area contributed by atoms with Crippen molar-refractivity contribution in [3.63, 3.8) is 0 Å². The van der Waals surface area contributed by atoms with Crippen molar-refractivity contribution in [2.45, 2.75) is 47.0 Å². The molecule has 0 bridgehead atoms. The van der Waals surface area contributed by atoms with Crippen LogP contribution in [0.4, 0.5) is 22.7 Å². The molecule has 0 atom stereocenters. The lowest BCUT2D eigenvalue weighted by molar-refractivity contribution is -0.384. The Labute approximate surface area is 216 Å². The van der Waals surface area contributed by atoms with Crippen molar-refractivity contribution < 1.29 is 19.6 Å². The van der Waals surface area contributed by atoms with Crippen molar-refractivity contribution in [3.8, 4) is 12.1 Å². The number of carbonyl (C=O) groups is 1. The Morgan fingerprint density at radius 3 is 2.19 bits per heavy atom. The zero-order chi connectivity index (χ0) is 27.8. The number of rotatable bonds is 11. The number of hydrogen-bond donors (Lipinski definition) is 1. The Kier molecular flexibility index (Phi) is 13.6. The number of nitro benzene ring substituents is 1. The first-order valence-corrected chi connectivity index (χ1v) is 11.9. The first-order chi connectivity index (χ1) is 17.7.